The first-order valence-electron chi connectivity index (χ1n) is 13.4. The highest BCUT2D eigenvalue weighted by molar-refractivity contribution is 8.00. The van der Waals surface area contributed by atoms with E-state index < -0.39 is 22.9 Å². The number of benzene rings is 4. The maximum atomic E-state index is 13.5. The van der Waals surface area contributed by atoms with E-state index in [-0.39, 0.29) is 11.6 Å². The van der Waals surface area contributed by atoms with Crippen LogP contribution in [0.5, 0.6) is 5.75 Å². The van der Waals surface area contributed by atoms with Crippen LogP contribution in [0.3, 0.4) is 0 Å². The van der Waals surface area contributed by atoms with Crippen LogP contribution in [-0.4, -0.2) is 35.1 Å². The summed E-state index contributed by atoms with van der Waals surface area (Å²) in [6.45, 7) is 1.78. The summed E-state index contributed by atoms with van der Waals surface area (Å²) < 4.78 is 19.6. The van der Waals surface area contributed by atoms with E-state index in [0.717, 1.165) is 15.1 Å². The molecule has 0 aliphatic carbocycles. The number of halogens is 1. The van der Waals surface area contributed by atoms with Gasteiger partial charge < -0.3 is 20.7 Å². The van der Waals surface area contributed by atoms with E-state index in [1.807, 2.05) is 24.3 Å². The minimum Gasteiger partial charge on any atom is -0.497 e. The Labute approximate surface area is 261 Å². The molecule has 0 saturated heterocycles. The first-order chi connectivity index (χ1) is 21.3. The van der Waals surface area contributed by atoms with Crippen LogP contribution in [0.25, 0.3) is 16.3 Å². The predicted molar refractivity (Wildman–Crippen MR) is 173 cm³/mol. The summed E-state index contributed by atoms with van der Waals surface area (Å²) in [5.74, 6) is -0.959. The molecule has 0 saturated carbocycles. The van der Waals surface area contributed by atoms with E-state index in [1.165, 1.54) is 53.4 Å². The lowest BCUT2D eigenvalue weighted by atomic mass is 10.1. The number of rotatable bonds is 10. The number of amides is 3. The summed E-state index contributed by atoms with van der Waals surface area (Å²) in [4.78, 5) is 44.4. The Hall–Kier alpha value is -5.00. The lowest BCUT2D eigenvalue weighted by Gasteiger charge is -2.13. The first-order valence-corrected chi connectivity index (χ1v) is 15.1. The van der Waals surface area contributed by atoms with Gasteiger partial charge in [0.1, 0.15) is 17.3 Å². The number of carbonyl (C=O) groups excluding carboxylic acids is 3. The van der Waals surface area contributed by atoms with Gasteiger partial charge >= 0.3 is 0 Å². The van der Waals surface area contributed by atoms with Crippen LogP contribution in [0, 0.1) is 5.82 Å². The van der Waals surface area contributed by atoms with E-state index >= 15 is 0 Å². The van der Waals surface area contributed by atoms with Crippen LogP contribution in [-0.2, 0) is 9.59 Å². The number of aromatic nitrogens is 1. The molecule has 222 valence electrons. The van der Waals surface area contributed by atoms with E-state index in [1.54, 1.807) is 62.6 Å². The maximum absolute atomic E-state index is 13.5. The Balaban J connectivity index is 1.27. The van der Waals surface area contributed by atoms with Gasteiger partial charge in [0, 0.05) is 16.1 Å². The lowest BCUT2D eigenvalue weighted by molar-refractivity contribution is -0.115. The second kappa shape index (κ2) is 14.0. The topological polar surface area (TPSA) is 109 Å². The number of hydrogen-bond acceptors (Lipinski definition) is 7. The highest BCUT2D eigenvalue weighted by Crippen LogP contribution is 2.31. The Bertz CT molecular complexity index is 1840. The normalized spacial score (nSPS) is 11.9. The standard InChI is InChI=1S/C33H27FN4O4S2/c1-20(30(39)38-33-37-27-16-15-25(42-2)19-29(27)44-33)43-26-10-6-9-24(18-26)35-32(41)28(17-21-11-13-23(34)14-12-21)36-31(40)22-7-4-3-5-8-22/h3-20H,1-2H3,(H,35,41)(H,36,40)(H,37,38,39)/b28-17-. The third kappa shape index (κ3) is 7.88. The van der Waals surface area contributed by atoms with E-state index in [4.69, 9.17) is 4.74 Å². The van der Waals surface area contributed by atoms with Gasteiger partial charge in [-0.05, 0) is 79.2 Å². The van der Waals surface area contributed by atoms with E-state index in [2.05, 4.69) is 20.9 Å². The van der Waals surface area contributed by atoms with Crippen LogP contribution >= 0.6 is 23.1 Å². The molecule has 0 radical (unpaired) electrons. The smallest absolute Gasteiger partial charge is 0.272 e. The summed E-state index contributed by atoms with van der Waals surface area (Å²) in [5.41, 5.74) is 2.11. The number of methoxy groups -OCH3 is 1. The molecule has 1 atom stereocenters. The van der Waals surface area contributed by atoms with Gasteiger partial charge in [0.2, 0.25) is 5.91 Å². The van der Waals surface area contributed by atoms with Crippen molar-refractivity contribution in [3.05, 3.63) is 120 Å². The fourth-order valence-corrected chi connectivity index (χ4v) is 5.89. The van der Waals surface area contributed by atoms with Crippen LogP contribution in [0.1, 0.15) is 22.8 Å². The van der Waals surface area contributed by atoms with E-state index in [0.29, 0.717) is 27.7 Å². The van der Waals surface area contributed by atoms with Gasteiger partial charge in [-0.1, -0.05) is 47.7 Å². The molecule has 0 aliphatic rings. The molecule has 0 spiro atoms. The third-order valence-corrected chi connectivity index (χ3v) is 8.34. The molecule has 1 heterocycles. The molecule has 0 bridgehead atoms. The average molecular weight is 627 g/mol. The van der Waals surface area contributed by atoms with Gasteiger partial charge in [-0.3, -0.25) is 14.4 Å². The number of anilines is 2. The molecule has 8 nitrogen and oxygen atoms in total. The summed E-state index contributed by atoms with van der Waals surface area (Å²) >= 11 is 2.68. The third-order valence-electron chi connectivity index (χ3n) is 6.31. The number of thioether (sulfide) groups is 1. The number of ether oxygens (including phenoxy) is 1. The van der Waals surface area contributed by atoms with E-state index in [9.17, 15) is 18.8 Å². The summed E-state index contributed by atoms with van der Waals surface area (Å²) in [7, 11) is 1.59. The molecule has 3 N–H and O–H groups in total. The van der Waals surface area contributed by atoms with Gasteiger partial charge in [-0.15, -0.1) is 11.8 Å². The van der Waals surface area contributed by atoms with Gasteiger partial charge in [0.15, 0.2) is 5.13 Å². The van der Waals surface area contributed by atoms with Crippen molar-refractivity contribution < 1.29 is 23.5 Å². The molecular formula is C33H27FN4O4S2. The summed E-state index contributed by atoms with van der Waals surface area (Å²) in [6, 6.07) is 26.6. The van der Waals surface area contributed by atoms with Crippen LogP contribution in [0.15, 0.2) is 108 Å². The molecule has 1 unspecified atom stereocenters. The van der Waals surface area contributed by atoms with Crippen molar-refractivity contribution in [1.82, 2.24) is 10.3 Å². The number of nitrogens with one attached hydrogen (secondary N) is 3. The zero-order chi connectivity index (χ0) is 31.1. The fourth-order valence-electron chi connectivity index (χ4n) is 4.06. The number of fused-ring (bicyclic) bond motifs is 1. The van der Waals surface area contributed by atoms with Gasteiger partial charge in [-0.25, -0.2) is 9.37 Å². The van der Waals surface area contributed by atoms with Gasteiger partial charge in [0.05, 0.1) is 22.6 Å². The SMILES string of the molecule is COc1ccc2nc(NC(=O)C(C)Sc3cccc(NC(=O)/C(=C/c4ccc(F)cc4)NC(=O)c4ccccc4)c3)sc2c1. The lowest BCUT2D eigenvalue weighted by Crippen LogP contribution is -2.30. The molecule has 5 rings (SSSR count). The molecule has 5 aromatic rings. The summed E-state index contributed by atoms with van der Waals surface area (Å²) in [6.07, 6.45) is 1.47. The second-order valence-electron chi connectivity index (χ2n) is 9.51. The molecule has 3 amide bonds. The van der Waals surface area contributed by atoms with Gasteiger partial charge in [0.25, 0.3) is 11.8 Å². The quantitative estimate of drug-likeness (QED) is 0.114. The number of nitrogens with zero attached hydrogens (tertiary/aromatic N) is 1. The molecule has 0 fully saturated rings. The molecule has 0 aliphatic heterocycles. The zero-order valence-corrected chi connectivity index (χ0v) is 25.3. The Morgan fingerprint density at radius 3 is 2.45 bits per heavy atom. The molecular weight excluding hydrogens is 600 g/mol. The number of carbonyl (C=O) groups is 3. The van der Waals surface area contributed by atoms with Crippen molar-refractivity contribution in [1.29, 1.82) is 0 Å². The van der Waals surface area contributed by atoms with Crippen LogP contribution in [0.4, 0.5) is 15.2 Å². The van der Waals surface area contributed by atoms with Crippen molar-refractivity contribution in [2.75, 3.05) is 17.7 Å². The largest absolute Gasteiger partial charge is 0.497 e. The minimum absolute atomic E-state index is 0.0234. The fraction of sp³-hybridized carbons (Fsp3) is 0.0909. The zero-order valence-electron chi connectivity index (χ0n) is 23.7. The monoisotopic (exact) mass is 626 g/mol. The molecule has 4 aromatic carbocycles. The van der Waals surface area contributed by atoms with Crippen molar-refractivity contribution in [2.45, 2.75) is 17.1 Å². The second-order valence-corrected chi connectivity index (χ2v) is 12.0. The van der Waals surface area contributed by atoms with Crippen LogP contribution < -0.4 is 20.7 Å². The van der Waals surface area contributed by atoms with Gasteiger partial charge in [-0.2, -0.15) is 0 Å². The number of hydrogen-bond donors (Lipinski definition) is 3. The highest BCUT2D eigenvalue weighted by atomic mass is 32.2. The minimum atomic E-state index is -0.570. The van der Waals surface area contributed by atoms with Crippen molar-refractivity contribution >= 4 is 67.9 Å². The maximum Gasteiger partial charge on any atom is 0.272 e. The van der Waals surface area contributed by atoms with Crippen molar-refractivity contribution in [2.24, 2.45) is 0 Å². The Morgan fingerprint density at radius 1 is 0.932 bits per heavy atom. The predicted octanol–water partition coefficient (Wildman–Crippen LogP) is 6.97. The molecule has 44 heavy (non-hydrogen) atoms. The number of thiazole rings is 1. The molecule has 11 heteroatoms. The highest BCUT2D eigenvalue weighted by Gasteiger charge is 2.18. The van der Waals surface area contributed by atoms with Crippen molar-refractivity contribution in [3.63, 3.8) is 0 Å². The molecule has 1 aromatic heterocycles. The summed E-state index contributed by atoms with van der Waals surface area (Å²) in [5, 5.41) is 8.37. The first kappa shape index (κ1) is 30.5. The Morgan fingerprint density at radius 2 is 1.70 bits per heavy atom. The Kier molecular flexibility index (Phi) is 9.68. The van der Waals surface area contributed by atoms with Crippen molar-refractivity contribution in [3.8, 4) is 5.75 Å². The van der Waals surface area contributed by atoms with Crippen LogP contribution in [0.2, 0.25) is 0 Å². The average Bonchev–Trinajstić information content (AvgIpc) is 3.43.